The first-order chi connectivity index (χ1) is 11.9. The zero-order chi connectivity index (χ0) is 18.4. The Morgan fingerprint density at radius 3 is 2.44 bits per heavy atom. The molecule has 0 unspecified atom stereocenters. The lowest BCUT2D eigenvalue weighted by Gasteiger charge is -2.18. The van der Waals surface area contributed by atoms with Crippen LogP contribution in [0.3, 0.4) is 0 Å². The van der Waals surface area contributed by atoms with Crippen LogP contribution in [0, 0.1) is 6.92 Å². The Bertz CT molecular complexity index is 744. The zero-order valence-electron chi connectivity index (χ0n) is 14.8. The third-order valence-electron chi connectivity index (χ3n) is 3.26. The molecule has 0 amide bonds. The monoisotopic (exact) mass is 468 g/mol. The highest BCUT2D eigenvalue weighted by atomic mass is 79.9. The van der Waals surface area contributed by atoms with E-state index >= 15 is 0 Å². The molecule has 6 heteroatoms. The van der Waals surface area contributed by atoms with Crippen molar-refractivity contribution in [2.24, 2.45) is 5.10 Å². The standard InChI is InChI=1S/C19H22Br2N2O2/c1-5-24-16-10-14(17(20)18(21)19(16)25-12(2)3)11-22-23-15-8-6-13(4)7-9-15/h6-12,23H,5H2,1-4H3/b22-11-. The predicted octanol–water partition coefficient (Wildman–Crippen LogP) is 6.15. The number of halogens is 2. The Hall–Kier alpha value is -1.53. The van der Waals surface area contributed by atoms with E-state index in [0.29, 0.717) is 18.1 Å². The Kier molecular flexibility index (Phi) is 7.32. The smallest absolute Gasteiger partial charge is 0.176 e. The van der Waals surface area contributed by atoms with Crippen LogP contribution in [0.5, 0.6) is 11.5 Å². The fraction of sp³-hybridized carbons (Fsp3) is 0.316. The van der Waals surface area contributed by atoms with Crippen molar-refractivity contribution >= 4 is 43.8 Å². The van der Waals surface area contributed by atoms with Crippen molar-refractivity contribution in [3.63, 3.8) is 0 Å². The summed E-state index contributed by atoms with van der Waals surface area (Å²) in [7, 11) is 0. The predicted molar refractivity (Wildman–Crippen MR) is 111 cm³/mol. The minimum Gasteiger partial charge on any atom is -0.490 e. The number of ether oxygens (including phenoxy) is 2. The lowest BCUT2D eigenvalue weighted by Crippen LogP contribution is -2.09. The largest absolute Gasteiger partial charge is 0.490 e. The van der Waals surface area contributed by atoms with Crippen LogP contribution in [0.15, 0.2) is 44.4 Å². The average molecular weight is 470 g/mol. The molecule has 0 aliphatic rings. The van der Waals surface area contributed by atoms with Crippen LogP contribution in [0.2, 0.25) is 0 Å². The number of nitrogens with one attached hydrogen (secondary N) is 1. The third kappa shape index (κ3) is 5.47. The highest BCUT2D eigenvalue weighted by molar-refractivity contribution is 9.13. The molecule has 25 heavy (non-hydrogen) atoms. The number of anilines is 1. The first kappa shape index (κ1) is 19.8. The van der Waals surface area contributed by atoms with Gasteiger partial charge in [0.05, 0.1) is 29.1 Å². The van der Waals surface area contributed by atoms with E-state index in [1.807, 2.05) is 51.1 Å². The number of hydrogen-bond acceptors (Lipinski definition) is 4. The SMILES string of the molecule is CCOc1cc(/C=N\Nc2ccc(C)cc2)c(Br)c(Br)c1OC(C)C. The van der Waals surface area contributed by atoms with Gasteiger partial charge in [0.25, 0.3) is 0 Å². The fourth-order valence-corrected chi connectivity index (χ4v) is 3.03. The minimum absolute atomic E-state index is 0.0464. The van der Waals surface area contributed by atoms with Crippen molar-refractivity contribution in [2.75, 3.05) is 12.0 Å². The molecule has 2 rings (SSSR count). The van der Waals surface area contributed by atoms with E-state index in [4.69, 9.17) is 9.47 Å². The lowest BCUT2D eigenvalue weighted by atomic mass is 10.2. The maximum Gasteiger partial charge on any atom is 0.176 e. The topological polar surface area (TPSA) is 42.8 Å². The summed E-state index contributed by atoms with van der Waals surface area (Å²) < 4.78 is 13.3. The summed E-state index contributed by atoms with van der Waals surface area (Å²) in [6.07, 6.45) is 1.79. The molecule has 0 atom stereocenters. The Balaban J connectivity index is 2.27. The molecule has 0 fully saturated rings. The van der Waals surface area contributed by atoms with Crippen LogP contribution in [0.4, 0.5) is 5.69 Å². The van der Waals surface area contributed by atoms with Crippen molar-refractivity contribution in [2.45, 2.75) is 33.8 Å². The molecule has 4 nitrogen and oxygen atoms in total. The summed E-state index contributed by atoms with van der Waals surface area (Å²) in [5, 5.41) is 4.31. The molecule has 0 spiro atoms. The van der Waals surface area contributed by atoms with Gasteiger partial charge >= 0.3 is 0 Å². The Morgan fingerprint density at radius 1 is 1.16 bits per heavy atom. The van der Waals surface area contributed by atoms with Gasteiger partial charge in [0.2, 0.25) is 0 Å². The summed E-state index contributed by atoms with van der Waals surface area (Å²) in [4.78, 5) is 0. The van der Waals surface area contributed by atoms with Crippen LogP contribution < -0.4 is 14.9 Å². The van der Waals surface area contributed by atoms with Gasteiger partial charge in [-0.05, 0) is 77.8 Å². The van der Waals surface area contributed by atoms with Gasteiger partial charge in [-0.25, -0.2) is 0 Å². The summed E-state index contributed by atoms with van der Waals surface area (Å²) in [5.41, 5.74) is 6.05. The Morgan fingerprint density at radius 2 is 1.84 bits per heavy atom. The molecule has 0 saturated heterocycles. The Labute approximate surface area is 165 Å². The molecule has 0 saturated carbocycles. The van der Waals surface area contributed by atoms with Gasteiger partial charge in [-0.15, -0.1) is 0 Å². The van der Waals surface area contributed by atoms with E-state index in [1.165, 1.54) is 5.56 Å². The molecule has 0 heterocycles. The highest BCUT2D eigenvalue weighted by Gasteiger charge is 2.17. The molecule has 2 aromatic carbocycles. The summed E-state index contributed by atoms with van der Waals surface area (Å²) in [6.45, 7) is 8.52. The van der Waals surface area contributed by atoms with Gasteiger partial charge < -0.3 is 9.47 Å². The van der Waals surface area contributed by atoms with Crippen LogP contribution >= 0.6 is 31.9 Å². The van der Waals surface area contributed by atoms with Crippen molar-refractivity contribution in [3.8, 4) is 11.5 Å². The van der Waals surface area contributed by atoms with Crippen molar-refractivity contribution in [1.29, 1.82) is 0 Å². The third-order valence-corrected chi connectivity index (χ3v) is 5.40. The molecule has 0 aliphatic carbocycles. The second-order valence-corrected chi connectivity index (χ2v) is 7.34. The second kappa shape index (κ2) is 9.25. The number of nitrogens with zero attached hydrogens (tertiary/aromatic N) is 1. The van der Waals surface area contributed by atoms with E-state index in [0.717, 1.165) is 20.2 Å². The van der Waals surface area contributed by atoms with Crippen LogP contribution in [0.25, 0.3) is 0 Å². The molecule has 0 aliphatic heterocycles. The van der Waals surface area contributed by atoms with Gasteiger partial charge in [0.15, 0.2) is 11.5 Å². The molecule has 0 bridgehead atoms. The second-order valence-electron chi connectivity index (χ2n) is 5.76. The highest BCUT2D eigenvalue weighted by Crippen LogP contribution is 2.42. The quantitative estimate of drug-likeness (QED) is 0.390. The molecular weight excluding hydrogens is 448 g/mol. The molecule has 2 aromatic rings. The first-order valence-corrected chi connectivity index (χ1v) is 9.68. The van der Waals surface area contributed by atoms with E-state index in [2.05, 4.69) is 49.3 Å². The summed E-state index contributed by atoms with van der Waals surface area (Å²) in [5.74, 6) is 1.37. The van der Waals surface area contributed by atoms with E-state index in [1.54, 1.807) is 6.21 Å². The fourth-order valence-electron chi connectivity index (χ4n) is 2.11. The lowest BCUT2D eigenvalue weighted by molar-refractivity contribution is 0.222. The van der Waals surface area contributed by atoms with Crippen molar-refractivity contribution in [3.05, 3.63) is 50.4 Å². The average Bonchev–Trinajstić information content (AvgIpc) is 2.57. The van der Waals surface area contributed by atoms with Crippen molar-refractivity contribution in [1.82, 2.24) is 0 Å². The molecule has 0 aromatic heterocycles. The van der Waals surface area contributed by atoms with Crippen molar-refractivity contribution < 1.29 is 9.47 Å². The normalized spacial score (nSPS) is 11.2. The van der Waals surface area contributed by atoms with Crippen LogP contribution in [-0.2, 0) is 0 Å². The van der Waals surface area contributed by atoms with Crippen LogP contribution in [-0.4, -0.2) is 18.9 Å². The zero-order valence-corrected chi connectivity index (χ0v) is 17.9. The molecule has 0 radical (unpaired) electrons. The van der Waals surface area contributed by atoms with E-state index < -0.39 is 0 Å². The summed E-state index contributed by atoms with van der Waals surface area (Å²) >= 11 is 7.19. The minimum atomic E-state index is 0.0464. The number of rotatable bonds is 7. The van der Waals surface area contributed by atoms with E-state index in [9.17, 15) is 0 Å². The molecular formula is C19H22Br2N2O2. The van der Waals surface area contributed by atoms with Crippen LogP contribution in [0.1, 0.15) is 31.9 Å². The number of benzene rings is 2. The number of hydrazone groups is 1. The van der Waals surface area contributed by atoms with Gasteiger partial charge in [0, 0.05) is 10.0 Å². The first-order valence-electron chi connectivity index (χ1n) is 8.09. The molecule has 1 N–H and O–H groups in total. The van der Waals surface area contributed by atoms with Gasteiger partial charge in [-0.1, -0.05) is 17.7 Å². The van der Waals surface area contributed by atoms with E-state index in [-0.39, 0.29) is 6.10 Å². The van der Waals surface area contributed by atoms with Gasteiger partial charge in [-0.3, -0.25) is 5.43 Å². The van der Waals surface area contributed by atoms with Gasteiger partial charge in [-0.2, -0.15) is 5.10 Å². The maximum absolute atomic E-state index is 5.89. The molecule has 134 valence electrons. The number of hydrogen-bond donors (Lipinski definition) is 1. The number of aryl methyl sites for hydroxylation is 1. The maximum atomic E-state index is 5.89. The van der Waals surface area contributed by atoms with Gasteiger partial charge in [0.1, 0.15) is 0 Å². The summed E-state index contributed by atoms with van der Waals surface area (Å²) in [6, 6.07) is 9.97.